The van der Waals surface area contributed by atoms with Crippen molar-refractivity contribution in [3.63, 3.8) is 0 Å². The molecule has 1 heterocycles. The van der Waals surface area contributed by atoms with E-state index in [0.717, 1.165) is 17.7 Å². The molecule has 2 rings (SSSR count). The van der Waals surface area contributed by atoms with Gasteiger partial charge in [-0.2, -0.15) is 11.3 Å². The maximum atomic E-state index is 14.1. The summed E-state index contributed by atoms with van der Waals surface area (Å²) in [5.41, 5.74) is 2.38. The van der Waals surface area contributed by atoms with Gasteiger partial charge in [0.1, 0.15) is 11.6 Å². The average Bonchev–Trinajstić information content (AvgIpc) is 2.84. The van der Waals surface area contributed by atoms with E-state index >= 15 is 0 Å². The van der Waals surface area contributed by atoms with Crippen molar-refractivity contribution in [3.05, 3.63) is 55.7 Å². The van der Waals surface area contributed by atoms with E-state index in [1.54, 1.807) is 11.3 Å². The number of hydrogen-bond acceptors (Lipinski definition) is 2. The van der Waals surface area contributed by atoms with Crippen LogP contribution in [0.15, 0.2) is 27.4 Å². The number of nitrogens with one attached hydrogen (secondary N) is 1. The van der Waals surface area contributed by atoms with Crippen LogP contribution in [0.3, 0.4) is 0 Å². The van der Waals surface area contributed by atoms with Crippen molar-refractivity contribution in [3.8, 4) is 0 Å². The van der Waals surface area contributed by atoms with Crippen LogP contribution in [-0.2, 0) is 6.42 Å². The Hall–Kier alpha value is -0.780. The smallest absolute Gasteiger partial charge is 0.143 e. The third kappa shape index (κ3) is 3.27. The third-order valence-corrected chi connectivity index (χ3v) is 4.76. The fourth-order valence-electron chi connectivity index (χ4n) is 2.23. The summed E-state index contributed by atoms with van der Waals surface area (Å²) in [5, 5.41) is 7.39. The second-order valence-corrected chi connectivity index (χ2v) is 6.24. The van der Waals surface area contributed by atoms with Gasteiger partial charge in [0.2, 0.25) is 0 Å². The van der Waals surface area contributed by atoms with Crippen LogP contribution >= 0.6 is 27.3 Å². The van der Waals surface area contributed by atoms with Crippen LogP contribution in [0.1, 0.15) is 29.7 Å². The van der Waals surface area contributed by atoms with Crippen molar-refractivity contribution >= 4 is 27.3 Å². The summed E-state index contributed by atoms with van der Waals surface area (Å²) in [4.78, 5) is 0. The van der Waals surface area contributed by atoms with Gasteiger partial charge in [-0.05, 0) is 69.8 Å². The fourth-order valence-corrected chi connectivity index (χ4v) is 3.50. The van der Waals surface area contributed by atoms with Crippen molar-refractivity contribution in [1.82, 2.24) is 5.32 Å². The first-order valence-corrected chi connectivity index (χ1v) is 8.16. The van der Waals surface area contributed by atoms with Crippen LogP contribution in [0.2, 0.25) is 0 Å². The van der Waals surface area contributed by atoms with E-state index < -0.39 is 11.6 Å². The van der Waals surface area contributed by atoms with Crippen LogP contribution < -0.4 is 5.32 Å². The van der Waals surface area contributed by atoms with Crippen molar-refractivity contribution in [2.75, 3.05) is 6.54 Å². The lowest BCUT2D eigenvalue weighted by Gasteiger charge is -2.19. The lowest BCUT2D eigenvalue weighted by atomic mass is 9.98. The minimum absolute atomic E-state index is 0.0791. The number of likely N-dealkylation sites (N-methyl/N-ethyl adjacent to an activating group) is 1. The molecule has 0 aliphatic heterocycles. The minimum atomic E-state index is -0.513. The van der Waals surface area contributed by atoms with E-state index in [2.05, 4.69) is 21.2 Å². The molecule has 1 N–H and O–H groups in total. The molecule has 5 heteroatoms. The summed E-state index contributed by atoms with van der Waals surface area (Å²) in [6, 6.07) is 2.61. The van der Waals surface area contributed by atoms with E-state index in [9.17, 15) is 8.78 Å². The standard InChI is InChI=1S/C15H16BrF2NS/c1-3-19-14(11-8-20-7-9(11)2)6-10-13(17)5-4-12(16)15(10)18/h4-5,7-8,14,19H,3,6H2,1-2H3. The van der Waals surface area contributed by atoms with Crippen molar-refractivity contribution in [2.45, 2.75) is 26.3 Å². The molecule has 0 fully saturated rings. The normalized spacial score (nSPS) is 12.7. The number of halogens is 3. The summed E-state index contributed by atoms with van der Waals surface area (Å²) < 4.78 is 28.3. The van der Waals surface area contributed by atoms with E-state index in [-0.39, 0.29) is 11.6 Å². The van der Waals surface area contributed by atoms with Crippen LogP contribution in [0.25, 0.3) is 0 Å². The van der Waals surface area contributed by atoms with Gasteiger partial charge in [0, 0.05) is 11.6 Å². The van der Waals surface area contributed by atoms with Crippen molar-refractivity contribution in [2.24, 2.45) is 0 Å². The molecular formula is C15H16BrF2NS. The van der Waals surface area contributed by atoms with Gasteiger partial charge < -0.3 is 5.32 Å². The molecule has 1 unspecified atom stereocenters. The lowest BCUT2D eigenvalue weighted by Crippen LogP contribution is -2.24. The maximum Gasteiger partial charge on any atom is 0.143 e. The fraction of sp³-hybridized carbons (Fsp3) is 0.333. The number of thiophene rings is 1. The summed E-state index contributed by atoms with van der Waals surface area (Å²) in [5.74, 6) is -1.01. The number of hydrogen-bond donors (Lipinski definition) is 1. The molecule has 0 amide bonds. The SMILES string of the molecule is CCNC(Cc1c(F)ccc(Br)c1F)c1cscc1C. The molecule has 1 nitrogen and oxygen atoms in total. The summed E-state index contributed by atoms with van der Waals surface area (Å²) >= 11 is 4.72. The molecule has 0 spiro atoms. The highest BCUT2D eigenvalue weighted by molar-refractivity contribution is 9.10. The Morgan fingerprint density at radius 2 is 2.05 bits per heavy atom. The molecule has 0 radical (unpaired) electrons. The predicted molar refractivity (Wildman–Crippen MR) is 83.2 cm³/mol. The van der Waals surface area contributed by atoms with Crippen LogP contribution in [0, 0.1) is 18.6 Å². The predicted octanol–water partition coefficient (Wildman–Crippen LogP) is 4.99. The second kappa shape index (κ2) is 6.78. The zero-order valence-corrected chi connectivity index (χ0v) is 13.7. The Morgan fingerprint density at radius 3 is 2.65 bits per heavy atom. The third-order valence-electron chi connectivity index (χ3n) is 3.27. The molecule has 0 saturated carbocycles. The summed E-state index contributed by atoms with van der Waals surface area (Å²) in [6.07, 6.45) is 0.294. The zero-order valence-electron chi connectivity index (χ0n) is 11.3. The zero-order chi connectivity index (χ0) is 14.7. The molecule has 0 bridgehead atoms. The molecule has 108 valence electrons. The van der Waals surface area contributed by atoms with Crippen molar-refractivity contribution in [1.29, 1.82) is 0 Å². The molecule has 0 saturated heterocycles. The van der Waals surface area contributed by atoms with Crippen LogP contribution in [-0.4, -0.2) is 6.54 Å². The van der Waals surface area contributed by atoms with E-state index in [0.29, 0.717) is 10.9 Å². The highest BCUT2D eigenvalue weighted by atomic mass is 79.9. The molecule has 1 atom stereocenters. The molecule has 2 aromatic rings. The van der Waals surface area contributed by atoms with Gasteiger partial charge >= 0.3 is 0 Å². The van der Waals surface area contributed by atoms with E-state index in [1.165, 1.54) is 12.1 Å². The van der Waals surface area contributed by atoms with Gasteiger partial charge in [-0.1, -0.05) is 6.92 Å². The van der Waals surface area contributed by atoms with Crippen LogP contribution in [0.4, 0.5) is 8.78 Å². The first-order chi connectivity index (χ1) is 9.54. The summed E-state index contributed by atoms with van der Waals surface area (Å²) in [6.45, 7) is 4.75. The molecular weight excluding hydrogens is 344 g/mol. The van der Waals surface area contributed by atoms with Gasteiger partial charge in [-0.25, -0.2) is 8.78 Å². The maximum absolute atomic E-state index is 14.1. The Kier molecular flexibility index (Phi) is 5.29. The van der Waals surface area contributed by atoms with Gasteiger partial charge in [-0.3, -0.25) is 0 Å². The monoisotopic (exact) mass is 359 g/mol. The average molecular weight is 360 g/mol. The highest BCUT2D eigenvalue weighted by Crippen LogP contribution is 2.29. The topological polar surface area (TPSA) is 12.0 Å². The van der Waals surface area contributed by atoms with E-state index in [1.807, 2.05) is 24.6 Å². The lowest BCUT2D eigenvalue weighted by molar-refractivity contribution is 0.497. The Labute approximate surface area is 130 Å². The first kappa shape index (κ1) is 15.6. The Morgan fingerprint density at radius 1 is 1.30 bits per heavy atom. The van der Waals surface area contributed by atoms with Gasteiger partial charge in [0.25, 0.3) is 0 Å². The minimum Gasteiger partial charge on any atom is -0.310 e. The molecule has 0 aliphatic rings. The molecule has 1 aromatic heterocycles. The number of aryl methyl sites for hydroxylation is 1. The Balaban J connectivity index is 2.34. The molecule has 20 heavy (non-hydrogen) atoms. The van der Waals surface area contributed by atoms with Gasteiger partial charge in [0.05, 0.1) is 4.47 Å². The van der Waals surface area contributed by atoms with Gasteiger partial charge in [0.15, 0.2) is 0 Å². The first-order valence-electron chi connectivity index (χ1n) is 6.43. The number of rotatable bonds is 5. The molecule has 0 aliphatic carbocycles. The van der Waals surface area contributed by atoms with Crippen molar-refractivity contribution < 1.29 is 8.78 Å². The number of benzene rings is 1. The quantitative estimate of drug-likeness (QED) is 0.741. The molecule has 1 aromatic carbocycles. The second-order valence-electron chi connectivity index (χ2n) is 4.65. The van der Waals surface area contributed by atoms with Gasteiger partial charge in [-0.15, -0.1) is 0 Å². The largest absolute Gasteiger partial charge is 0.310 e. The van der Waals surface area contributed by atoms with Crippen LogP contribution in [0.5, 0.6) is 0 Å². The van der Waals surface area contributed by atoms with E-state index in [4.69, 9.17) is 0 Å². The summed E-state index contributed by atoms with van der Waals surface area (Å²) in [7, 11) is 0. The Bertz CT molecular complexity index is 598. The highest BCUT2D eigenvalue weighted by Gasteiger charge is 2.20.